The Morgan fingerprint density at radius 1 is 1.31 bits per heavy atom. The maximum Gasteiger partial charge on any atom is 0.233 e. The van der Waals surface area contributed by atoms with Crippen LogP contribution < -0.4 is 0 Å². The van der Waals surface area contributed by atoms with Gasteiger partial charge in [-0.25, -0.2) is 4.98 Å². The average Bonchev–Trinajstić information content (AvgIpc) is 3.30. The fourth-order valence-electron chi connectivity index (χ4n) is 3.26. The van der Waals surface area contributed by atoms with Crippen molar-refractivity contribution < 1.29 is 4.79 Å². The molecule has 1 aliphatic rings. The molecule has 2 aromatic heterocycles. The first-order valence-corrected chi connectivity index (χ1v) is 10.6. The van der Waals surface area contributed by atoms with Crippen LogP contribution in [0.1, 0.15) is 21.6 Å². The van der Waals surface area contributed by atoms with Gasteiger partial charge in [0, 0.05) is 30.4 Å². The van der Waals surface area contributed by atoms with Gasteiger partial charge in [-0.3, -0.25) is 9.36 Å². The summed E-state index contributed by atoms with van der Waals surface area (Å²) in [5, 5.41) is 2.98. The number of nitrogens with zero attached hydrogens (tertiary/aromatic N) is 3. The Morgan fingerprint density at radius 2 is 2.19 bits per heavy atom. The lowest BCUT2D eigenvalue weighted by Crippen LogP contribution is -2.36. The summed E-state index contributed by atoms with van der Waals surface area (Å²) in [6.45, 7) is 5.79. The molecule has 1 amide bonds. The maximum atomic E-state index is 12.7. The molecule has 3 aromatic rings. The summed E-state index contributed by atoms with van der Waals surface area (Å²) in [6.07, 6.45) is 4.74. The smallest absolute Gasteiger partial charge is 0.233 e. The fourth-order valence-corrected chi connectivity index (χ4v) is 5.01. The molecule has 0 spiro atoms. The molecular formula is C20H21N3OS2. The zero-order chi connectivity index (χ0) is 18.1. The number of aromatic nitrogens is 2. The quantitative estimate of drug-likeness (QED) is 0.633. The van der Waals surface area contributed by atoms with E-state index in [0.717, 1.165) is 30.4 Å². The molecule has 1 aliphatic heterocycles. The van der Waals surface area contributed by atoms with Crippen LogP contribution in [0.4, 0.5) is 0 Å². The van der Waals surface area contributed by atoms with Gasteiger partial charge < -0.3 is 4.90 Å². The number of rotatable bonds is 4. The first kappa shape index (κ1) is 17.4. The number of imidazole rings is 1. The van der Waals surface area contributed by atoms with E-state index in [1.165, 1.54) is 33.3 Å². The lowest BCUT2D eigenvalue weighted by atomic mass is 10.1. The predicted molar refractivity (Wildman–Crippen MR) is 107 cm³/mol. The number of fused-ring (bicyclic) bond motifs is 1. The molecule has 0 saturated heterocycles. The summed E-state index contributed by atoms with van der Waals surface area (Å²) < 4.78 is 2.08. The van der Waals surface area contributed by atoms with Crippen LogP contribution in [0, 0.1) is 13.8 Å². The highest BCUT2D eigenvalue weighted by molar-refractivity contribution is 7.99. The maximum absolute atomic E-state index is 12.7. The van der Waals surface area contributed by atoms with E-state index < -0.39 is 0 Å². The molecule has 0 bridgehead atoms. The van der Waals surface area contributed by atoms with Crippen molar-refractivity contribution in [2.24, 2.45) is 0 Å². The largest absolute Gasteiger partial charge is 0.337 e. The van der Waals surface area contributed by atoms with Gasteiger partial charge in [-0.05, 0) is 54.5 Å². The van der Waals surface area contributed by atoms with Crippen molar-refractivity contribution in [1.29, 1.82) is 0 Å². The SMILES string of the molecule is Cc1cccc(-n2ccnc2SCC(=O)N2CCc3sccc3C2)c1C. The number of amides is 1. The lowest BCUT2D eigenvalue weighted by molar-refractivity contribution is -0.129. The van der Waals surface area contributed by atoms with Gasteiger partial charge >= 0.3 is 0 Å². The minimum atomic E-state index is 0.183. The normalized spacial score (nSPS) is 13.7. The first-order valence-electron chi connectivity index (χ1n) is 8.69. The Bertz CT molecular complexity index is 944. The Kier molecular flexibility index (Phi) is 4.87. The van der Waals surface area contributed by atoms with E-state index in [1.807, 2.05) is 11.1 Å². The van der Waals surface area contributed by atoms with Gasteiger partial charge in [0.1, 0.15) is 0 Å². The molecule has 0 unspecified atom stereocenters. The van der Waals surface area contributed by atoms with E-state index >= 15 is 0 Å². The van der Waals surface area contributed by atoms with E-state index in [0.29, 0.717) is 5.75 Å². The summed E-state index contributed by atoms with van der Waals surface area (Å²) >= 11 is 3.31. The van der Waals surface area contributed by atoms with Gasteiger partial charge in [0.05, 0.1) is 11.4 Å². The monoisotopic (exact) mass is 383 g/mol. The third kappa shape index (κ3) is 3.31. The molecule has 0 saturated carbocycles. The van der Waals surface area contributed by atoms with E-state index in [1.54, 1.807) is 17.5 Å². The number of carbonyl (C=O) groups is 1. The van der Waals surface area contributed by atoms with Gasteiger partial charge in [-0.15, -0.1) is 11.3 Å². The van der Waals surface area contributed by atoms with Crippen molar-refractivity contribution >= 4 is 29.0 Å². The fraction of sp³-hybridized carbons (Fsp3) is 0.300. The molecule has 0 atom stereocenters. The van der Waals surface area contributed by atoms with Crippen LogP contribution in [0.2, 0.25) is 0 Å². The summed E-state index contributed by atoms with van der Waals surface area (Å²) in [5.74, 6) is 0.601. The van der Waals surface area contributed by atoms with Crippen molar-refractivity contribution in [3.8, 4) is 5.69 Å². The Labute approximate surface area is 161 Å². The molecule has 0 aliphatic carbocycles. The number of hydrogen-bond donors (Lipinski definition) is 0. The van der Waals surface area contributed by atoms with Gasteiger partial charge in [-0.2, -0.15) is 0 Å². The number of thioether (sulfide) groups is 1. The van der Waals surface area contributed by atoms with Crippen molar-refractivity contribution in [3.63, 3.8) is 0 Å². The van der Waals surface area contributed by atoms with Crippen LogP contribution in [0.5, 0.6) is 0 Å². The summed E-state index contributed by atoms with van der Waals surface area (Å²) in [4.78, 5) is 20.5. The summed E-state index contributed by atoms with van der Waals surface area (Å²) in [6, 6.07) is 8.41. The first-order chi connectivity index (χ1) is 12.6. The highest BCUT2D eigenvalue weighted by Gasteiger charge is 2.22. The van der Waals surface area contributed by atoms with Crippen LogP contribution in [0.3, 0.4) is 0 Å². The molecule has 4 rings (SSSR count). The molecule has 3 heterocycles. The van der Waals surface area contributed by atoms with Crippen LogP contribution in [-0.2, 0) is 17.8 Å². The third-order valence-corrected chi connectivity index (χ3v) is 6.90. The molecule has 6 heteroatoms. The minimum Gasteiger partial charge on any atom is -0.337 e. The number of aryl methyl sites for hydroxylation is 1. The number of benzene rings is 1. The molecule has 0 fully saturated rings. The number of hydrogen-bond acceptors (Lipinski definition) is 4. The summed E-state index contributed by atoms with van der Waals surface area (Å²) in [7, 11) is 0. The van der Waals surface area contributed by atoms with Gasteiger partial charge in [0.15, 0.2) is 5.16 Å². The second kappa shape index (κ2) is 7.29. The van der Waals surface area contributed by atoms with Crippen LogP contribution in [-0.4, -0.2) is 32.7 Å². The van der Waals surface area contributed by atoms with Crippen LogP contribution >= 0.6 is 23.1 Å². The zero-order valence-corrected chi connectivity index (χ0v) is 16.6. The average molecular weight is 384 g/mol. The Balaban J connectivity index is 1.45. The third-order valence-electron chi connectivity index (χ3n) is 4.93. The highest BCUT2D eigenvalue weighted by Crippen LogP contribution is 2.27. The molecule has 4 nitrogen and oxygen atoms in total. The molecule has 26 heavy (non-hydrogen) atoms. The van der Waals surface area contributed by atoms with E-state index in [9.17, 15) is 4.79 Å². The van der Waals surface area contributed by atoms with E-state index in [-0.39, 0.29) is 5.91 Å². The topological polar surface area (TPSA) is 38.1 Å². The lowest BCUT2D eigenvalue weighted by Gasteiger charge is -2.26. The minimum absolute atomic E-state index is 0.183. The second-order valence-electron chi connectivity index (χ2n) is 6.52. The van der Waals surface area contributed by atoms with Crippen molar-refractivity contribution in [3.05, 3.63) is 63.6 Å². The van der Waals surface area contributed by atoms with E-state index in [4.69, 9.17) is 0 Å². The molecule has 0 radical (unpaired) electrons. The van der Waals surface area contributed by atoms with Crippen LogP contribution in [0.15, 0.2) is 47.2 Å². The Hall–Kier alpha value is -2.05. The molecule has 134 valence electrons. The summed E-state index contributed by atoms with van der Waals surface area (Å²) in [5.41, 5.74) is 4.91. The predicted octanol–water partition coefficient (Wildman–Crippen LogP) is 4.23. The zero-order valence-electron chi connectivity index (χ0n) is 14.9. The van der Waals surface area contributed by atoms with Gasteiger partial charge in [-0.1, -0.05) is 23.9 Å². The molecular weight excluding hydrogens is 362 g/mol. The van der Waals surface area contributed by atoms with Crippen molar-refractivity contribution in [1.82, 2.24) is 14.5 Å². The Morgan fingerprint density at radius 3 is 3.08 bits per heavy atom. The standard InChI is InChI=1S/C20H21N3OS2/c1-14-4-3-5-17(15(14)2)23-10-8-21-20(23)26-13-19(24)22-9-6-18-16(12-22)7-11-25-18/h3-5,7-8,10-11H,6,9,12-13H2,1-2H3. The van der Waals surface area contributed by atoms with E-state index in [2.05, 4.69) is 53.0 Å². The highest BCUT2D eigenvalue weighted by atomic mass is 32.2. The number of carbonyl (C=O) groups excluding carboxylic acids is 1. The van der Waals surface area contributed by atoms with Gasteiger partial charge in [0.25, 0.3) is 0 Å². The molecule has 0 N–H and O–H groups in total. The van der Waals surface area contributed by atoms with Gasteiger partial charge in [0.2, 0.25) is 5.91 Å². The molecule has 1 aromatic carbocycles. The number of thiophene rings is 1. The second-order valence-corrected chi connectivity index (χ2v) is 8.47. The van der Waals surface area contributed by atoms with Crippen molar-refractivity contribution in [2.75, 3.05) is 12.3 Å². The van der Waals surface area contributed by atoms with Crippen LogP contribution in [0.25, 0.3) is 5.69 Å². The van der Waals surface area contributed by atoms with Crippen molar-refractivity contribution in [2.45, 2.75) is 32.0 Å².